The smallest absolute Gasteiger partial charge is 0.344 e. The summed E-state index contributed by atoms with van der Waals surface area (Å²) in [5.41, 5.74) is 7.10. The Bertz CT molecular complexity index is 1200. The molecule has 222 valence electrons. The molecule has 1 fully saturated rings. The quantitative estimate of drug-likeness (QED) is 0.122. The van der Waals surface area contributed by atoms with Crippen molar-refractivity contribution in [1.29, 1.82) is 0 Å². The maximum absolute atomic E-state index is 13.2. The van der Waals surface area contributed by atoms with Crippen LogP contribution in [0.1, 0.15) is 44.5 Å². The second kappa shape index (κ2) is 14.6. The molecule has 0 radical (unpaired) electrons. The van der Waals surface area contributed by atoms with Gasteiger partial charge in [-0.2, -0.15) is 0 Å². The van der Waals surface area contributed by atoms with Gasteiger partial charge in [0.1, 0.15) is 12.7 Å². The van der Waals surface area contributed by atoms with Gasteiger partial charge in [-0.1, -0.05) is 18.2 Å². The second-order valence-corrected chi connectivity index (χ2v) is 8.95. The molecule has 1 aliphatic heterocycles. The van der Waals surface area contributed by atoms with Crippen LogP contribution in [0.4, 0.5) is 0 Å². The summed E-state index contributed by atoms with van der Waals surface area (Å²) in [4.78, 5) is 76.9. The van der Waals surface area contributed by atoms with E-state index < -0.39 is 84.8 Å². The molecule has 16 heteroatoms. The van der Waals surface area contributed by atoms with Gasteiger partial charge in [0.15, 0.2) is 12.2 Å². The Hall–Kier alpha value is -4.69. The van der Waals surface area contributed by atoms with Crippen molar-refractivity contribution in [2.45, 2.75) is 70.2 Å². The summed E-state index contributed by atoms with van der Waals surface area (Å²) in [6.45, 7) is 3.68. The van der Waals surface area contributed by atoms with E-state index in [0.717, 1.165) is 34.8 Å². The average Bonchev–Trinajstić information content (AvgIpc) is 2.90. The Kier molecular flexibility index (Phi) is 11.6. The molecule has 2 amide bonds. The number of hydrogen-bond donors (Lipinski definition) is 2. The fourth-order valence-electron chi connectivity index (χ4n) is 4.29. The number of ether oxygens (including phenoxy) is 5. The van der Waals surface area contributed by atoms with Gasteiger partial charge < -0.3 is 34.3 Å². The summed E-state index contributed by atoms with van der Waals surface area (Å²) < 4.78 is 26.5. The summed E-state index contributed by atoms with van der Waals surface area (Å²) in [6, 6.07) is 5.43. The number of azide groups is 1. The zero-order valence-corrected chi connectivity index (χ0v) is 23.0. The van der Waals surface area contributed by atoms with Crippen LogP contribution in [-0.2, 0) is 47.7 Å². The van der Waals surface area contributed by atoms with Crippen molar-refractivity contribution in [3.63, 3.8) is 0 Å². The molecule has 6 atom stereocenters. The van der Waals surface area contributed by atoms with Crippen LogP contribution in [0.15, 0.2) is 35.4 Å². The summed E-state index contributed by atoms with van der Waals surface area (Å²) >= 11 is 0. The average molecular weight is 578 g/mol. The fourth-order valence-corrected chi connectivity index (χ4v) is 4.29. The van der Waals surface area contributed by atoms with Gasteiger partial charge >= 0.3 is 23.9 Å². The minimum Gasteiger partial charge on any atom is -0.467 e. The van der Waals surface area contributed by atoms with E-state index in [1.54, 1.807) is 18.2 Å². The SMILES string of the molecule is COC(=O)[C@]1(N=[N+]=[N-])C[C@H](NC(=O)c2ccccc2)[C@@H](NC(C)=O)[C@H]([C@H](OC(C)=O)[C@@H](COC(C)=O)OC(C)=O)O1. The van der Waals surface area contributed by atoms with Crippen molar-refractivity contribution < 1.29 is 52.5 Å². The van der Waals surface area contributed by atoms with Crippen LogP contribution in [0.5, 0.6) is 0 Å². The monoisotopic (exact) mass is 577 g/mol. The standard InChI is InChI=1S/C25H31N5O11/c1-13(31)27-20-18(28-23(35)17-9-7-6-8-10-17)11-25(29-30-26,24(36)37-5)41-22(20)21(40-16(4)34)19(39-15(3)33)12-38-14(2)32/h6-10,18-22H,11-12H2,1-5H3,(H,27,31)(H,28,35)/t18-,19+,20+,21+,22+,25-/m0/s1. The number of amides is 2. The highest BCUT2D eigenvalue weighted by molar-refractivity contribution is 5.94. The highest BCUT2D eigenvalue weighted by Crippen LogP contribution is 2.36. The number of nitrogens with zero attached hydrogens (tertiary/aromatic N) is 3. The van der Waals surface area contributed by atoms with Crippen molar-refractivity contribution >= 4 is 35.7 Å². The lowest BCUT2D eigenvalue weighted by Crippen LogP contribution is -2.70. The predicted octanol–water partition coefficient (Wildman–Crippen LogP) is 0.685. The topological polar surface area (TPSA) is 221 Å². The fraction of sp³-hybridized carbons (Fsp3) is 0.520. The van der Waals surface area contributed by atoms with E-state index in [9.17, 15) is 34.3 Å². The third kappa shape index (κ3) is 8.91. The minimum absolute atomic E-state index is 0.216. The lowest BCUT2D eigenvalue weighted by Gasteiger charge is -2.48. The summed E-state index contributed by atoms with van der Waals surface area (Å²) in [7, 11) is 0.999. The molecule has 1 saturated heterocycles. The maximum atomic E-state index is 13.2. The summed E-state index contributed by atoms with van der Waals surface area (Å²) in [6.07, 6.45) is -5.39. The number of hydrogen-bond acceptors (Lipinski definition) is 12. The van der Waals surface area contributed by atoms with E-state index in [4.69, 9.17) is 23.7 Å². The first-order valence-electron chi connectivity index (χ1n) is 12.3. The number of esters is 4. The molecular formula is C25H31N5O11. The number of methoxy groups -OCH3 is 1. The third-order valence-electron chi connectivity index (χ3n) is 5.81. The number of nitrogens with one attached hydrogen (secondary N) is 2. The van der Waals surface area contributed by atoms with Gasteiger partial charge in [0, 0.05) is 44.6 Å². The van der Waals surface area contributed by atoms with Crippen LogP contribution in [0.2, 0.25) is 0 Å². The molecule has 2 rings (SSSR count). The molecule has 0 bridgehead atoms. The van der Waals surface area contributed by atoms with Gasteiger partial charge in [0.2, 0.25) is 11.6 Å². The number of rotatable bonds is 11. The molecular weight excluding hydrogens is 546 g/mol. The predicted molar refractivity (Wildman–Crippen MR) is 136 cm³/mol. The van der Waals surface area contributed by atoms with Crippen LogP contribution in [0.3, 0.4) is 0 Å². The molecule has 1 aromatic rings. The molecule has 1 aliphatic rings. The maximum Gasteiger partial charge on any atom is 0.344 e. The Labute approximate surface area is 234 Å². The first-order valence-corrected chi connectivity index (χ1v) is 12.3. The Balaban J connectivity index is 2.75. The van der Waals surface area contributed by atoms with E-state index in [2.05, 4.69) is 20.7 Å². The molecule has 41 heavy (non-hydrogen) atoms. The van der Waals surface area contributed by atoms with Crippen molar-refractivity contribution in [3.05, 3.63) is 46.3 Å². The number of benzene rings is 1. The van der Waals surface area contributed by atoms with Crippen LogP contribution in [0, 0.1) is 0 Å². The zero-order chi connectivity index (χ0) is 30.7. The van der Waals surface area contributed by atoms with E-state index in [1.807, 2.05) is 0 Å². The lowest BCUT2D eigenvalue weighted by molar-refractivity contribution is -0.227. The third-order valence-corrected chi connectivity index (χ3v) is 5.81. The summed E-state index contributed by atoms with van der Waals surface area (Å²) in [5.74, 6) is -4.98. The van der Waals surface area contributed by atoms with Gasteiger partial charge in [-0.3, -0.25) is 24.0 Å². The van der Waals surface area contributed by atoms with Gasteiger partial charge in [-0.15, -0.1) is 0 Å². The number of carbonyl (C=O) groups is 6. The van der Waals surface area contributed by atoms with Crippen LogP contribution in [-0.4, -0.2) is 85.5 Å². The molecule has 2 N–H and O–H groups in total. The van der Waals surface area contributed by atoms with Crippen LogP contribution >= 0.6 is 0 Å². The molecule has 1 heterocycles. The van der Waals surface area contributed by atoms with E-state index in [1.165, 1.54) is 12.1 Å². The normalized spacial score (nSPS) is 22.9. The van der Waals surface area contributed by atoms with Gasteiger partial charge in [-0.05, 0) is 22.8 Å². The first-order chi connectivity index (χ1) is 19.3. The lowest BCUT2D eigenvalue weighted by atomic mass is 9.85. The Morgan fingerprint density at radius 2 is 1.66 bits per heavy atom. The molecule has 0 unspecified atom stereocenters. The van der Waals surface area contributed by atoms with Crippen molar-refractivity contribution in [2.24, 2.45) is 5.11 Å². The first kappa shape index (κ1) is 32.5. The van der Waals surface area contributed by atoms with Gasteiger partial charge in [-0.25, -0.2) is 4.79 Å². The van der Waals surface area contributed by atoms with Crippen molar-refractivity contribution in [3.8, 4) is 0 Å². The van der Waals surface area contributed by atoms with Crippen LogP contribution < -0.4 is 10.6 Å². The highest BCUT2D eigenvalue weighted by Gasteiger charge is 2.57. The van der Waals surface area contributed by atoms with Gasteiger partial charge in [0.05, 0.1) is 19.2 Å². The molecule has 0 aliphatic carbocycles. The van der Waals surface area contributed by atoms with Crippen molar-refractivity contribution in [1.82, 2.24) is 10.6 Å². The van der Waals surface area contributed by atoms with E-state index in [0.29, 0.717) is 0 Å². The molecule has 0 spiro atoms. The summed E-state index contributed by atoms with van der Waals surface area (Å²) in [5, 5.41) is 8.81. The molecule has 0 aromatic heterocycles. The minimum atomic E-state index is -2.45. The molecule has 16 nitrogen and oxygen atoms in total. The number of carbonyl (C=O) groups excluding carboxylic acids is 6. The Morgan fingerprint density at radius 1 is 1.02 bits per heavy atom. The van der Waals surface area contributed by atoms with E-state index in [-0.39, 0.29) is 5.56 Å². The van der Waals surface area contributed by atoms with Crippen molar-refractivity contribution in [2.75, 3.05) is 13.7 Å². The highest BCUT2D eigenvalue weighted by atomic mass is 16.6. The molecule has 1 aromatic carbocycles. The largest absolute Gasteiger partial charge is 0.467 e. The Morgan fingerprint density at radius 3 is 2.17 bits per heavy atom. The van der Waals surface area contributed by atoms with E-state index >= 15 is 0 Å². The second-order valence-electron chi connectivity index (χ2n) is 8.95. The van der Waals surface area contributed by atoms with Gasteiger partial charge in [0.25, 0.3) is 5.91 Å². The van der Waals surface area contributed by atoms with Crippen LogP contribution in [0.25, 0.3) is 10.4 Å². The zero-order valence-electron chi connectivity index (χ0n) is 23.0. The molecule has 0 saturated carbocycles.